The second kappa shape index (κ2) is 6.14. The van der Waals surface area contributed by atoms with E-state index >= 15 is 0 Å². The quantitative estimate of drug-likeness (QED) is 0.782. The standard InChI is InChI=1S/C17H19N3O2S/c1-13-4-3-5-15(8-13)11-23(21,22)19-10-14-6-7-17-16(9-14)18-12-20(17)2/h3-9,12,19H,10-11H2,1-2H3. The number of aryl methyl sites for hydroxylation is 2. The first-order chi connectivity index (χ1) is 10.9. The number of imidazole rings is 1. The van der Waals surface area contributed by atoms with Crippen molar-refractivity contribution < 1.29 is 8.42 Å². The fourth-order valence-electron chi connectivity index (χ4n) is 2.56. The Bertz CT molecular complexity index is 945. The van der Waals surface area contributed by atoms with E-state index in [1.807, 2.05) is 61.0 Å². The molecule has 6 heteroatoms. The SMILES string of the molecule is Cc1cccc(CS(=O)(=O)NCc2ccc3c(c2)ncn3C)c1. The first-order valence-electron chi connectivity index (χ1n) is 7.36. The summed E-state index contributed by atoms with van der Waals surface area (Å²) in [6, 6.07) is 13.3. The van der Waals surface area contributed by atoms with Gasteiger partial charge in [0.2, 0.25) is 10.0 Å². The minimum absolute atomic E-state index is 0.0134. The van der Waals surface area contributed by atoms with Gasteiger partial charge in [0.1, 0.15) is 0 Å². The second-order valence-corrected chi connectivity index (χ2v) is 7.55. The van der Waals surface area contributed by atoms with Gasteiger partial charge in [0.05, 0.1) is 23.1 Å². The van der Waals surface area contributed by atoms with Crippen molar-refractivity contribution in [2.75, 3.05) is 0 Å². The molecule has 1 N–H and O–H groups in total. The Labute approximate surface area is 136 Å². The van der Waals surface area contributed by atoms with Gasteiger partial charge in [0.25, 0.3) is 0 Å². The third-order valence-electron chi connectivity index (χ3n) is 3.73. The Kier molecular flexibility index (Phi) is 4.19. The predicted octanol–water partition coefficient (Wildman–Crippen LogP) is 2.50. The van der Waals surface area contributed by atoms with Gasteiger partial charge in [-0.05, 0) is 30.2 Å². The number of nitrogens with one attached hydrogen (secondary N) is 1. The first kappa shape index (κ1) is 15.7. The zero-order valence-corrected chi connectivity index (χ0v) is 14.0. The molecule has 0 saturated carbocycles. The highest BCUT2D eigenvalue weighted by atomic mass is 32.2. The van der Waals surface area contributed by atoms with Crippen LogP contribution in [0.15, 0.2) is 48.8 Å². The Balaban J connectivity index is 1.70. The molecule has 0 spiro atoms. The average Bonchev–Trinajstić information content (AvgIpc) is 2.86. The molecule has 0 aliphatic carbocycles. The molecular weight excluding hydrogens is 310 g/mol. The summed E-state index contributed by atoms with van der Waals surface area (Å²) in [5.74, 6) is -0.0134. The van der Waals surface area contributed by atoms with Gasteiger partial charge < -0.3 is 4.57 Å². The Hall–Kier alpha value is -2.18. The fourth-order valence-corrected chi connectivity index (χ4v) is 3.66. The van der Waals surface area contributed by atoms with Crippen LogP contribution in [-0.4, -0.2) is 18.0 Å². The van der Waals surface area contributed by atoms with E-state index in [1.165, 1.54) is 0 Å². The molecule has 0 aliphatic heterocycles. The molecule has 0 aliphatic rings. The largest absolute Gasteiger partial charge is 0.334 e. The molecule has 120 valence electrons. The summed E-state index contributed by atoms with van der Waals surface area (Å²) in [5.41, 5.74) is 4.62. The lowest BCUT2D eigenvalue weighted by Gasteiger charge is -2.08. The van der Waals surface area contributed by atoms with Crippen molar-refractivity contribution >= 4 is 21.1 Å². The number of benzene rings is 2. The molecule has 1 heterocycles. The van der Waals surface area contributed by atoms with E-state index < -0.39 is 10.0 Å². The smallest absolute Gasteiger partial charge is 0.216 e. The van der Waals surface area contributed by atoms with Gasteiger partial charge in [-0.25, -0.2) is 18.1 Å². The topological polar surface area (TPSA) is 64.0 Å². The summed E-state index contributed by atoms with van der Waals surface area (Å²) in [6.07, 6.45) is 1.75. The summed E-state index contributed by atoms with van der Waals surface area (Å²) >= 11 is 0. The highest BCUT2D eigenvalue weighted by molar-refractivity contribution is 7.88. The minimum Gasteiger partial charge on any atom is -0.334 e. The molecule has 0 radical (unpaired) electrons. The van der Waals surface area contributed by atoms with Gasteiger partial charge in [0.15, 0.2) is 0 Å². The van der Waals surface area contributed by atoms with E-state index in [1.54, 1.807) is 6.33 Å². The molecule has 0 unspecified atom stereocenters. The van der Waals surface area contributed by atoms with Crippen molar-refractivity contribution in [1.29, 1.82) is 0 Å². The van der Waals surface area contributed by atoms with Crippen LogP contribution in [0.1, 0.15) is 16.7 Å². The molecule has 5 nitrogen and oxygen atoms in total. The van der Waals surface area contributed by atoms with Crippen LogP contribution >= 0.6 is 0 Å². The monoisotopic (exact) mass is 329 g/mol. The van der Waals surface area contributed by atoms with E-state index in [0.717, 1.165) is 27.7 Å². The molecule has 1 aromatic heterocycles. The van der Waals surface area contributed by atoms with Crippen molar-refractivity contribution in [3.05, 3.63) is 65.5 Å². The van der Waals surface area contributed by atoms with Gasteiger partial charge in [0, 0.05) is 13.6 Å². The van der Waals surface area contributed by atoms with Gasteiger partial charge in [-0.3, -0.25) is 0 Å². The highest BCUT2D eigenvalue weighted by Crippen LogP contribution is 2.14. The number of sulfonamides is 1. The second-order valence-electron chi connectivity index (χ2n) is 5.75. The number of aromatic nitrogens is 2. The molecule has 0 bridgehead atoms. The highest BCUT2D eigenvalue weighted by Gasteiger charge is 2.12. The van der Waals surface area contributed by atoms with Crippen LogP contribution in [0.5, 0.6) is 0 Å². The number of hydrogen-bond donors (Lipinski definition) is 1. The van der Waals surface area contributed by atoms with Crippen LogP contribution in [0.4, 0.5) is 0 Å². The van der Waals surface area contributed by atoms with Crippen molar-refractivity contribution in [1.82, 2.24) is 14.3 Å². The Morgan fingerprint density at radius 3 is 2.74 bits per heavy atom. The number of hydrogen-bond acceptors (Lipinski definition) is 3. The Morgan fingerprint density at radius 1 is 1.13 bits per heavy atom. The lowest BCUT2D eigenvalue weighted by molar-refractivity contribution is 0.580. The third-order valence-corrected chi connectivity index (χ3v) is 5.02. The van der Waals surface area contributed by atoms with Crippen LogP contribution in [0.3, 0.4) is 0 Å². The molecule has 2 aromatic carbocycles. The van der Waals surface area contributed by atoms with Gasteiger partial charge in [-0.15, -0.1) is 0 Å². The maximum Gasteiger partial charge on any atom is 0.216 e. The van der Waals surface area contributed by atoms with Crippen molar-refractivity contribution in [2.45, 2.75) is 19.2 Å². The molecule has 3 aromatic rings. The molecule has 0 saturated heterocycles. The van der Waals surface area contributed by atoms with E-state index in [2.05, 4.69) is 9.71 Å². The first-order valence-corrected chi connectivity index (χ1v) is 9.01. The zero-order valence-electron chi connectivity index (χ0n) is 13.2. The summed E-state index contributed by atoms with van der Waals surface area (Å²) in [7, 11) is -1.44. The van der Waals surface area contributed by atoms with Crippen molar-refractivity contribution in [3.8, 4) is 0 Å². The Morgan fingerprint density at radius 2 is 1.96 bits per heavy atom. The van der Waals surface area contributed by atoms with Gasteiger partial charge in [-0.1, -0.05) is 35.9 Å². The maximum absolute atomic E-state index is 12.2. The molecular formula is C17H19N3O2S. The van der Waals surface area contributed by atoms with Crippen LogP contribution in [0, 0.1) is 6.92 Å². The molecule has 3 rings (SSSR count). The summed E-state index contributed by atoms with van der Waals surface area (Å²) in [6.45, 7) is 2.21. The van der Waals surface area contributed by atoms with E-state index in [4.69, 9.17) is 0 Å². The lowest BCUT2D eigenvalue weighted by atomic mass is 10.2. The molecule has 23 heavy (non-hydrogen) atoms. The third kappa shape index (κ3) is 3.78. The minimum atomic E-state index is -3.37. The predicted molar refractivity (Wildman–Crippen MR) is 91.4 cm³/mol. The van der Waals surface area contributed by atoms with E-state index in [9.17, 15) is 8.42 Å². The molecule has 0 atom stereocenters. The molecule has 0 amide bonds. The summed E-state index contributed by atoms with van der Waals surface area (Å²) in [5, 5.41) is 0. The van der Waals surface area contributed by atoms with Crippen molar-refractivity contribution in [3.63, 3.8) is 0 Å². The van der Waals surface area contributed by atoms with Crippen LogP contribution in [0.25, 0.3) is 11.0 Å². The summed E-state index contributed by atoms with van der Waals surface area (Å²) in [4.78, 5) is 4.29. The van der Waals surface area contributed by atoms with Crippen LogP contribution in [-0.2, 0) is 29.4 Å². The molecule has 0 fully saturated rings. The lowest BCUT2D eigenvalue weighted by Crippen LogP contribution is -2.24. The van der Waals surface area contributed by atoms with Crippen molar-refractivity contribution in [2.24, 2.45) is 7.05 Å². The van der Waals surface area contributed by atoms with Crippen LogP contribution < -0.4 is 4.72 Å². The van der Waals surface area contributed by atoms with Gasteiger partial charge in [-0.2, -0.15) is 0 Å². The van der Waals surface area contributed by atoms with E-state index in [-0.39, 0.29) is 12.3 Å². The maximum atomic E-state index is 12.2. The average molecular weight is 329 g/mol. The van der Waals surface area contributed by atoms with Gasteiger partial charge >= 0.3 is 0 Å². The zero-order chi connectivity index (χ0) is 16.4. The van der Waals surface area contributed by atoms with Crippen LogP contribution in [0.2, 0.25) is 0 Å². The summed E-state index contributed by atoms with van der Waals surface area (Å²) < 4.78 is 29.0. The van der Waals surface area contributed by atoms with E-state index in [0.29, 0.717) is 0 Å². The number of fused-ring (bicyclic) bond motifs is 1. The number of nitrogens with zero attached hydrogens (tertiary/aromatic N) is 2. The number of rotatable bonds is 5. The fraction of sp³-hybridized carbons (Fsp3) is 0.235. The normalized spacial score (nSPS) is 11.9.